The number of carbonyl (C=O) groups excluding carboxylic acids is 7. The first kappa shape index (κ1) is 76.7. The second-order valence-electron chi connectivity index (χ2n) is 26.7. The van der Waals surface area contributed by atoms with Crippen molar-refractivity contribution in [2.24, 2.45) is 5.16 Å². The summed E-state index contributed by atoms with van der Waals surface area (Å²) in [6, 6.07) is 88.8. The molecule has 1 saturated heterocycles. The Morgan fingerprint density at radius 1 is 0.539 bits per heavy atom. The third-order valence-electron chi connectivity index (χ3n) is 18.9. The number of hydrogen-bond donors (Lipinski definition) is 2. The summed E-state index contributed by atoms with van der Waals surface area (Å²) in [6.45, 7) is 4.09. The van der Waals surface area contributed by atoms with E-state index in [1.807, 2.05) is 224 Å². The SMILES string of the molecule is CC(=O)Oc1ccc(C(O/N=C(\C(=O)N[C@@H]2C(=O)N3C(C(=O)OC(c4ccccc4)c4ccccc4)=C(CSc4cc(C)nc5nc(C(=O)OC(c6ccccc6)c6ccccc6)nn45)CS[C@H]23)c2csc(NC(c3ccccc3)(c3ccccc3)c3ccccc3)n2)C(=O)OC(c2ccccc2)c2ccccc2)cc1OC(C)=O. The van der Waals surface area contributed by atoms with Crippen LogP contribution in [0.1, 0.15) is 116 Å². The number of rotatable bonds is 28. The number of nitrogens with one attached hydrogen (secondary N) is 2. The molecule has 10 aromatic carbocycles. The molecule has 5 heterocycles. The molecule has 1 fully saturated rings. The van der Waals surface area contributed by atoms with Crippen molar-refractivity contribution in [3.8, 4) is 11.5 Å². The Morgan fingerprint density at radius 3 is 1.47 bits per heavy atom. The zero-order valence-electron chi connectivity index (χ0n) is 61.9. The second-order valence-corrected chi connectivity index (χ2v) is 29.6. The van der Waals surface area contributed by atoms with Crippen LogP contribution in [0.5, 0.6) is 11.5 Å². The molecule has 0 bridgehead atoms. The molecule has 115 heavy (non-hydrogen) atoms. The van der Waals surface area contributed by atoms with E-state index in [4.69, 9.17) is 33.5 Å². The number of anilines is 1. The molecule has 572 valence electrons. The minimum atomic E-state index is -1.90. The van der Waals surface area contributed by atoms with Crippen molar-refractivity contribution in [1.29, 1.82) is 0 Å². The Bertz CT molecular complexity index is 5550. The number of aromatic nitrogens is 5. The van der Waals surface area contributed by atoms with Gasteiger partial charge in [-0.05, 0) is 80.8 Å². The summed E-state index contributed by atoms with van der Waals surface area (Å²) in [4.78, 5) is 124. The van der Waals surface area contributed by atoms with Crippen LogP contribution in [0, 0.1) is 6.92 Å². The number of thioether (sulfide) groups is 2. The lowest BCUT2D eigenvalue weighted by atomic mass is 9.77. The monoisotopic (exact) mass is 1580 g/mol. The predicted octanol–water partition coefficient (Wildman–Crippen LogP) is 15.7. The minimum absolute atomic E-state index is 0.0316. The van der Waals surface area contributed by atoms with E-state index in [-0.39, 0.29) is 51.6 Å². The Hall–Kier alpha value is -13.6. The number of hydrogen-bond acceptors (Lipinski definition) is 22. The number of fused-ring (bicyclic) bond motifs is 2. The molecular weight excluding hydrogens is 1510 g/mol. The summed E-state index contributed by atoms with van der Waals surface area (Å²) in [6.07, 6.45) is -4.68. The molecule has 2 N–H and O–H groups in total. The molecule has 2 aliphatic heterocycles. The molecule has 0 aliphatic carbocycles. The fraction of sp³-hybridized carbons (Fsp3) is 0.133. The first-order chi connectivity index (χ1) is 56.1. The van der Waals surface area contributed by atoms with Crippen LogP contribution in [0.3, 0.4) is 0 Å². The van der Waals surface area contributed by atoms with Crippen LogP contribution in [0.2, 0.25) is 0 Å². The number of oxime groups is 1. The number of ether oxygens (including phenoxy) is 5. The zero-order chi connectivity index (χ0) is 79.4. The Labute approximate surface area is 673 Å². The zero-order valence-corrected chi connectivity index (χ0v) is 64.4. The molecule has 0 saturated carbocycles. The number of carbonyl (C=O) groups is 7. The molecule has 15 rings (SSSR count). The fourth-order valence-corrected chi connectivity index (χ4v) is 16.9. The topological polar surface area (TPSA) is 270 Å². The number of esters is 5. The summed E-state index contributed by atoms with van der Waals surface area (Å²) in [7, 11) is 0. The molecule has 3 atom stereocenters. The molecular formula is C90H71N9O13S3. The van der Waals surface area contributed by atoms with Gasteiger partial charge in [-0.1, -0.05) is 284 Å². The minimum Gasteiger partial charge on any atom is -0.449 e. The largest absolute Gasteiger partial charge is 0.449 e. The number of aryl methyl sites for hydroxylation is 1. The van der Waals surface area contributed by atoms with Gasteiger partial charge in [-0.3, -0.25) is 24.1 Å². The summed E-state index contributed by atoms with van der Waals surface area (Å²) in [5.41, 5.74) is 5.71. The molecule has 22 nitrogen and oxygen atoms in total. The predicted molar refractivity (Wildman–Crippen MR) is 434 cm³/mol. The number of nitrogens with zero attached hydrogens (tertiary/aromatic N) is 7. The lowest BCUT2D eigenvalue weighted by Gasteiger charge is -2.49. The van der Waals surface area contributed by atoms with Crippen LogP contribution >= 0.6 is 34.9 Å². The number of β-lactam (4-membered cyclic amide) rings is 1. The third-order valence-corrected chi connectivity index (χ3v) is 22.1. The number of benzene rings is 10. The molecule has 2 amide bonds. The van der Waals surface area contributed by atoms with Crippen molar-refractivity contribution in [2.75, 3.05) is 16.8 Å². The van der Waals surface area contributed by atoms with Crippen molar-refractivity contribution in [2.45, 2.75) is 67.2 Å². The summed E-state index contributed by atoms with van der Waals surface area (Å²) in [5, 5.41) is 17.3. The van der Waals surface area contributed by atoms with Gasteiger partial charge in [0.1, 0.15) is 33.4 Å². The molecule has 1 unspecified atom stereocenters. The van der Waals surface area contributed by atoms with E-state index in [2.05, 4.69) is 30.9 Å². The second kappa shape index (κ2) is 35.0. The lowest BCUT2D eigenvalue weighted by Crippen LogP contribution is -2.71. The summed E-state index contributed by atoms with van der Waals surface area (Å²) < 4.78 is 31.7. The maximum atomic E-state index is 15.9. The van der Waals surface area contributed by atoms with Crippen LogP contribution in [0.25, 0.3) is 5.78 Å². The molecule has 0 radical (unpaired) electrons. The summed E-state index contributed by atoms with van der Waals surface area (Å²) >= 11 is 3.68. The van der Waals surface area contributed by atoms with Gasteiger partial charge in [0.15, 0.2) is 40.7 Å². The van der Waals surface area contributed by atoms with Crippen LogP contribution in [-0.2, 0) is 53.4 Å². The smallest absolute Gasteiger partial charge is 0.379 e. The van der Waals surface area contributed by atoms with Gasteiger partial charge in [0.05, 0.1) is 0 Å². The van der Waals surface area contributed by atoms with E-state index in [1.54, 1.807) is 66.9 Å². The summed E-state index contributed by atoms with van der Waals surface area (Å²) in [5.74, 6) is -6.25. The van der Waals surface area contributed by atoms with Gasteiger partial charge in [-0.15, -0.1) is 40.0 Å². The first-order valence-corrected chi connectivity index (χ1v) is 39.5. The van der Waals surface area contributed by atoms with Gasteiger partial charge < -0.3 is 39.2 Å². The van der Waals surface area contributed by atoms with E-state index >= 15 is 19.2 Å². The third kappa shape index (κ3) is 17.1. The van der Waals surface area contributed by atoms with E-state index < -0.39 is 88.7 Å². The van der Waals surface area contributed by atoms with Gasteiger partial charge in [-0.25, -0.2) is 24.4 Å². The molecule has 25 heteroatoms. The van der Waals surface area contributed by atoms with Crippen LogP contribution < -0.4 is 20.1 Å². The van der Waals surface area contributed by atoms with Crippen LogP contribution in [-0.4, -0.2) is 99.8 Å². The van der Waals surface area contributed by atoms with Gasteiger partial charge >= 0.3 is 29.8 Å². The lowest BCUT2D eigenvalue weighted by molar-refractivity contribution is -0.162. The molecule has 3 aromatic heterocycles. The quantitative estimate of drug-likeness (QED) is 0.00531. The van der Waals surface area contributed by atoms with Gasteiger partial charge in [-0.2, -0.15) is 9.50 Å². The van der Waals surface area contributed by atoms with Crippen molar-refractivity contribution >= 4 is 93.1 Å². The maximum Gasteiger partial charge on any atom is 0.379 e. The standard InChI is InChI=1S/C90H71N9O13S3/c1-56-51-73(99-88(91-56)94-81(96-99)87(106)111-79(63-39-21-8-22-40-63)64-41-23-9-24-42-64)113-53-66-54-114-84-75(83(103)98(84)76(66)85(104)109-77(59-31-13-4-14-32-59)60-33-15-5-16-34-60)93-82(102)74(70-55-115-89(92-70)95-90(67-43-25-10-26-44-67,68-45-27-11-28-46-68)69-47-29-12-30-48-69)97-112-80(65-49-50-71(107-57(2)100)72(52-65)108-58(3)101)86(105)110-78(61-35-17-6-18-36-61)62-37-19-7-20-38-62/h4-52,55,75,77-80,84H,53-54H2,1-3H3,(H,92,95)(H,93,102)/b97-74-/t75-,80?,84-/m1/s1. The van der Waals surface area contributed by atoms with E-state index in [0.29, 0.717) is 43.7 Å². The Balaban J connectivity index is 0.801. The van der Waals surface area contributed by atoms with E-state index in [1.165, 1.54) is 58.1 Å². The average molecular weight is 1580 g/mol. The Kier molecular flexibility index (Phi) is 23.3. The van der Waals surface area contributed by atoms with Crippen molar-refractivity contribution in [3.05, 3.63) is 387 Å². The van der Waals surface area contributed by atoms with Gasteiger partial charge in [0.25, 0.3) is 23.4 Å². The van der Waals surface area contributed by atoms with Crippen LogP contribution in [0.4, 0.5) is 5.13 Å². The van der Waals surface area contributed by atoms with E-state index in [0.717, 1.165) is 46.1 Å². The highest BCUT2D eigenvalue weighted by atomic mass is 32.2. The highest BCUT2D eigenvalue weighted by Crippen LogP contribution is 2.45. The normalized spacial score (nSPS) is 14.3. The maximum absolute atomic E-state index is 15.9. The van der Waals surface area contributed by atoms with Crippen molar-refractivity contribution in [3.63, 3.8) is 0 Å². The number of thiazole rings is 1. The molecule has 2 aliphatic rings. The first-order valence-electron chi connectivity index (χ1n) is 36.6. The fourth-order valence-electron chi connectivity index (χ4n) is 13.6. The molecule has 13 aromatic rings. The highest BCUT2D eigenvalue weighted by Gasteiger charge is 2.55. The molecule has 0 spiro atoms. The average Bonchev–Trinajstić information content (AvgIpc) is 1.10. The Morgan fingerprint density at radius 2 is 0.991 bits per heavy atom. The van der Waals surface area contributed by atoms with Crippen molar-refractivity contribution in [1.82, 2.24) is 34.8 Å². The van der Waals surface area contributed by atoms with Crippen molar-refractivity contribution < 1.29 is 62.1 Å². The highest BCUT2D eigenvalue weighted by molar-refractivity contribution is 8.01. The van der Waals surface area contributed by atoms with Crippen LogP contribution in [0.15, 0.2) is 324 Å². The van der Waals surface area contributed by atoms with Gasteiger partial charge in [0, 0.05) is 42.0 Å². The number of amides is 2. The van der Waals surface area contributed by atoms with Gasteiger partial charge in [0.2, 0.25) is 6.10 Å². The van der Waals surface area contributed by atoms with E-state index in [9.17, 15) is 14.4 Å².